The molecule has 0 aliphatic rings. The van der Waals surface area contributed by atoms with Crippen LogP contribution in [0.25, 0.3) is 11.3 Å². The Labute approximate surface area is 94.4 Å². The van der Waals surface area contributed by atoms with Gasteiger partial charge in [0.05, 0.1) is 18.5 Å². The first-order valence-electron chi connectivity index (χ1n) is 5.08. The smallest absolute Gasteiger partial charge is 0.142 e. The van der Waals surface area contributed by atoms with Gasteiger partial charge in [0.25, 0.3) is 0 Å². The number of methoxy groups -OCH3 is 1. The van der Waals surface area contributed by atoms with Gasteiger partial charge in [0, 0.05) is 11.3 Å². The number of hydrogen-bond acceptors (Lipinski definition) is 3. The maximum atomic E-state index is 5.88. The molecule has 0 saturated carbocycles. The third-order valence-electron chi connectivity index (χ3n) is 2.56. The number of H-pyrrole nitrogens is 1. The Hall–Kier alpha value is -1.97. The van der Waals surface area contributed by atoms with Crippen LogP contribution in [0.3, 0.4) is 0 Å². The van der Waals surface area contributed by atoms with E-state index in [4.69, 9.17) is 10.5 Å². The lowest BCUT2D eigenvalue weighted by molar-refractivity contribution is 0.416. The lowest BCUT2D eigenvalue weighted by Crippen LogP contribution is -1.95. The molecule has 1 aromatic carbocycles. The first-order chi connectivity index (χ1) is 7.61. The summed E-state index contributed by atoms with van der Waals surface area (Å²) >= 11 is 0. The molecular formula is C12H15N3O. The van der Waals surface area contributed by atoms with Crippen molar-refractivity contribution in [3.05, 3.63) is 29.5 Å². The van der Waals surface area contributed by atoms with Crippen LogP contribution in [0.15, 0.2) is 18.2 Å². The zero-order valence-electron chi connectivity index (χ0n) is 9.66. The minimum atomic E-state index is 0.628. The predicted molar refractivity (Wildman–Crippen MR) is 64.5 cm³/mol. The molecule has 1 aromatic heterocycles. The lowest BCUT2D eigenvalue weighted by atomic mass is 10.0. The molecular weight excluding hydrogens is 202 g/mol. The maximum absolute atomic E-state index is 5.88. The van der Waals surface area contributed by atoms with Gasteiger partial charge in [0.2, 0.25) is 0 Å². The highest BCUT2D eigenvalue weighted by molar-refractivity contribution is 5.71. The van der Waals surface area contributed by atoms with Crippen molar-refractivity contribution in [2.24, 2.45) is 0 Å². The van der Waals surface area contributed by atoms with E-state index in [0.29, 0.717) is 11.4 Å². The van der Waals surface area contributed by atoms with Crippen LogP contribution in [0.5, 0.6) is 5.75 Å². The molecule has 4 nitrogen and oxygen atoms in total. The molecule has 2 rings (SSSR count). The van der Waals surface area contributed by atoms with Crippen molar-refractivity contribution in [2.75, 3.05) is 12.8 Å². The van der Waals surface area contributed by atoms with E-state index in [-0.39, 0.29) is 0 Å². The summed E-state index contributed by atoms with van der Waals surface area (Å²) < 4.78 is 5.17. The van der Waals surface area contributed by atoms with Crippen LogP contribution in [0.1, 0.15) is 11.3 Å². The lowest BCUT2D eigenvalue weighted by Gasteiger charge is -2.09. The van der Waals surface area contributed by atoms with Gasteiger partial charge in [-0.05, 0) is 37.6 Å². The van der Waals surface area contributed by atoms with E-state index in [1.807, 2.05) is 32.0 Å². The number of aromatic nitrogens is 2. The molecule has 84 valence electrons. The van der Waals surface area contributed by atoms with Crippen molar-refractivity contribution < 1.29 is 4.74 Å². The first-order valence-corrected chi connectivity index (χ1v) is 5.08. The van der Waals surface area contributed by atoms with Crippen molar-refractivity contribution in [3.63, 3.8) is 0 Å². The largest absolute Gasteiger partial charge is 0.495 e. The number of nitrogen functional groups attached to an aromatic ring is 1. The van der Waals surface area contributed by atoms with Crippen LogP contribution in [0.4, 0.5) is 5.69 Å². The van der Waals surface area contributed by atoms with E-state index in [2.05, 4.69) is 10.2 Å². The minimum Gasteiger partial charge on any atom is -0.495 e. The number of ether oxygens (including phenoxy) is 1. The number of aryl methyl sites for hydroxylation is 2. The first kappa shape index (κ1) is 10.5. The summed E-state index contributed by atoms with van der Waals surface area (Å²) in [4.78, 5) is 0. The average Bonchev–Trinajstić information content (AvgIpc) is 2.67. The van der Waals surface area contributed by atoms with Crippen LogP contribution in [0, 0.1) is 13.8 Å². The fourth-order valence-corrected chi connectivity index (χ4v) is 1.71. The number of nitrogens with two attached hydrogens (primary N) is 1. The molecule has 0 spiro atoms. The molecule has 0 aliphatic heterocycles. The maximum Gasteiger partial charge on any atom is 0.142 e. The number of anilines is 1. The second-order valence-electron chi connectivity index (χ2n) is 3.85. The Morgan fingerprint density at radius 3 is 2.56 bits per heavy atom. The molecule has 16 heavy (non-hydrogen) atoms. The van der Waals surface area contributed by atoms with Gasteiger partial charge in [-0.3, -0.25) is 5.10 Å². The molecule has 1 heterocycles. The Morgan fingerprint density at radius 1 is 1.25 bits per heavy atom. The molecule has 3 N–H and O–H groups in total. The van der Waals surface area contributed by atoms with Gasteiger partial charge in [-0.1, -0.05) is 0 Å². The van der Waals surface area contributed by atoms with E-state index in [9.17, 15) is 0 Å². The Morgan fingerprint density at radius 2 is 2.00 bits per heavy atom. The second-order valence-corrected chi connectivity index (χ2v) is 3.85. The Bertz CT molecular complexity index is 517. The molecule has 2 aromatic rings. The monoisotopic (exact) mass is 217 g/mol. The van der Waals surface area contributed by atoms with Gasteiger partial charge < -0.3 is 10.5 Å². The third kappa shape index (κ3) is 1.74. The van der Waals surface area contributed by atoms with Crippen LogP contribution in [-0.4, -0.2) is 17.3 Å². The van der Waals surface area contributed by atoms with Crippen molar-refractivity contribution >= 4 is 5.69 Å². The van der Waals surface area contributed by atoms with E-state index < -0.39 is 0 Å². The van der Waals surface area contributed by atoms with Gasteiger partial charge in [-0.15, -0.1) is 0 Å². The third-order valence-corrected chi connectivity index (χ3v) is 2.56. The number of benzene rings is 1. The van der Waals surface area contributed by atoms with Crippen LogP contribution < -0.4 is 10.5 Å². The summed E-state index contributed by atoms with van der Waals surface area (Å²) in [5, 5.41) is 7.14. The molecule has 0 amide bonds. The van der Waals surface area contributed by atoms with Crippen LogP contribution in [0.2, 0.25) is 0 Å². The molecule has 0 unspecified atom stereocenters. The van der Waals surface area contributed by atoms with E-state index in [1.54, 1.807) is 7.11 Å². The Balaban J connectivity index is 2.54. The standard InChI is InChI=1S/C12H15N3O/c1-7-4-12(16-3)10(13)6-9(7)11-5-8(2)14-15-11/h4-6H,13H2,1-3H3,(H,14,15). The normalized spacial score (nSPS) is 10.4. The van der Waals surface area contributed by atoms with Gasteiger partial charge in [0.1, 0.15) is 5.75 Å². The molecule has 0 radical (unpaired) electrons. The number of hydrogen-bond donors (Lipinski definition) is 2. The highest BCUT2D eigenvalue weighted by Gasteiger charge is 2.09. The van der Waals surface area contributed by atoms with Crippen molar-refractivity contribution in [2.45, 2.75) is 13.8 Å². The van der Waals surface area contributed by atoms with E-state index >= 15 is 0 Å². The van der Waals surface area contributed by atoms with Gasteiger partial charge >= 0.3 is 0 Å². The number of rotatable bonds is 2. The highest BCUT2D eigenvalue weighted by atomic mass is 16.5. The summed E-state index contributed by atoms with van der Waals surface area (Å²) in [5.41, 5.74) is 10.6. The van der Waals surface area contributed by atoms with Crippen molar-refractivity contribution in [1.82, 2.24) is 10.2 Å². The second kappa shape index (κ2) is 3.89. The van der Waals surface area contributed by atoms with E-state index in [1.165, 1.54) is 0 Å². The number of nitrogens with one attached hydrogen (secondary N) is 1. The molecule has 0 aliphatic carbocycles. The van der Waals surface area contributed by atoms with E-state index in [0.717, 1.165) is 22.5 Å². The molecule has 0 bridgehead atoms. The molecule has 4 heteroatoms. The molecule has 0 saturated heterocycles. The summed E-state index contributed by atoms with van der Waals surface area (Å²) in [6.07, 6.45) is 0. The van der Waals surface area contributed by atoms with Crippen molar-refractivity contribution in [1.29, 1.82) is 0 Å². The summed E-state index contributed by atoms with van der Waals surface area (Å²) in [6, 6.07) is 5.81. The SMILES string of the molecule is COc1cc(C)c(-c2cc(C)[nH]n2)cc1N. The highest BCUT2D eigenvalue weighted by Crippen LogP contribution is 2.31. The topological polar surface area (TPSA) is 63.9 Å². The van der Waals surface area contributed by atoms with Crippen LogP contribution >= 0.6 is 0 Å². The molecule has 0 fully saturated rings. The Kier molecular flexibility index (Phi) is 2.56. The van der Waals surface area contributed by atoms with Gasteiger partial charge in [-0.25, -0.2) is 0 Å². The molecule has 0 atom stereocenters. The quantitative estimate of drug-likeness (QED) is 0.758. The minimum absolute atomic E-state index is 0.628. The summed E-state index contributed by atoms with van der Waals surface area (Å²) in [6.45, 7) is 3.99. The van der Waals surface area contributed by atoms with Gasteiger partial charge in [-0.2, -0.15) is 5.10 Å². The summed E-state index contributed by atoms with van der Waals surface area (Å²) in [7, 11) is 1.61. The van der Waals surface area contributed by atoms with Gasteiger partial charge in [0.15, 0.2) is 0 Å². The average molecular weight is 217 g/mol. The summed E-state index contributed by atoms with van der Waals surface area (Å²) in [5.74, 6) is 0.702. The predicted octanol–water partition coefficient (Wildman–Crippen LogP) is 2.28. The zero-order chi connectivity index (χ0) is 11.7. The zero-order valence-corrected chi connectivity index (χ0v) is 9.66. The number of aromatic amines is 1. The van der Waals surface area contributed by atoms with Crippen molar-refractivity contribution in [3.8, 4) is 17.0 Å². The fourth-order valence-electron chi connectivity index (χ4n) is 1.71. The fraction of sp³-hybridized carbons (Fsp3) is 0.250. The number of nitrogens with zero attached hydrogens (tertiary/aromatic N) is 1. The van der Waals surface area contributed by atoms with Crippen LogP contribution in [-0.2, 0) is 0 Å².